The van der Waals surface area contributed by atoms with Gasteiger partial charge >= 0.3 is 0 Å². The number of phenols is 1. The first-order valence-electron chi connectivity index (χ1n) is 7.98. The predicted molar refractivity (Wildman–Crippen MR) is 92.8 cm³/mol. The number of benzene rings is 1. The van der Waals surface area contributed by atoms with E-state index in [1.165, 1.54) is 50.6 Å². The maximum absolute atomic E-state index is 9.97. The minimum Gasteiger partial charge on any atom is -0.504 e. The third-order valence-corrected chi connectivity index (χ3v) is 5.87. The molecule has 1 aromatic carbocycles. The number of nitrogens with zero attached hydrogens (tertiary/aromatic N) is 1. The second-order valence-electron chi connectivity index (χ2n) is 6.35. The van der Waals surface area contributed by atoms with E-state index in [4.69, 9.17) is 4.74 Å². The van der Waals surface area contributed by atoms with Crippen molar-refractivity contribution < 1.29 is 9.84 Å². The van der Waals surface area contributed by atoms with Crippen LogP contribution >= 0.6 is 22.6 Å². The molecule has 2 aliphatic rings. The Labute approximate surface area is 140 Å². The number of fused-ring (bicyclic) bond motifs is 1. The number of halogens is 1. The summed E-state index contributed by atoms with van der Waals surface area (Å²) >= 11 is 2.18. The number of phenolic OH excluding ortho intramolecular Hbond substituents is 1. The first kappa shape index (κ1) is 15.4. The molecule has 0 bridgehead atoms. The molecule has 0 spiro atoms. The van der Waals surface area contributed by atoms with Gasteiger partial charge in [0.25, 0.3) is 0 Å². The molecule has 1 aromatic rings. The van der Waals surface area contributed by atoms with Crippen molar-refractivity contribution in [1.29, 1.82) is 0 Å². The van der Waals surface area contributed by atoms with Gasteiger partial charge in [-0.25, -0.2) is 0 Å². The van der Waals surface area contributed by atoms with Crippen molar-refractivity contribution in [1.82, 2.24) is 4.90 Å². The fraction of sp³-hybridized carbons (Fsp3) is 0.647. The van der Waals surface area contributed by atoms with Crippen molar-refractivity contribution in [2.45, 2.75) is 51.1 Å². The third-order valence-electron chi connectivity index (χ3n) is 5.05. The van der Waals surface area contributed by atoms with Crippen molar-refractivity contribution in [3.05, 3.63) is 21.3 Å². The molecule has 0 aromatic heterocycles. The molecule has 1 saturated heterocycles. The zero-order valence-electron chi connectivity index (χ0n) is 12.6. The molecule has 3 nitrogen and oxygen atoms in total. The number of ether oxygens (including phenoxy) is 1. The standard InChI is InChI=1S/C17H24INO2/c1-21-16-10-12(9-14(18)17(16)20)11-19-8-4-6-13-5-2-3-7-15(13)19/h9-10,13,15,20H,2-8,11H2,1H3. The van der Waals surface area contributed by atoms with Gasteiger partial charge in [-0.3, -0.25) is 4.90 Å². The molecule has 1 N–H and O–H groups in total. The van der Waals surface area contributed by atoms with Crippen LogP contribution in [0.3, 0.4) is 0 Å². The van der Waals surface area contributed by atoms with Crippen LogP contribution in [0.25, 0.3) is 0 Å². The Morgan fingerprint density at radius 2 is 2.00 bits per heavy atom. The second-order valence-corrected chi connectivity index (χ2v) is 7.52. The van der Waals surface area contributed by atoms with Gasteiger partial charge in [0.15, 0.2) is 11.5 Å². The molecule has 1 saturated carbocycles. The highest BCUT2D eigenvalue weighted by molar-refractivity contribution is 14.1. The molecule has 2 unspecified atom stereocenters. The molecular formula is C17H24INO2. The van der Waals surface area contributed by atoms with Gasteiger partial charge in [0.2, 0.25) is 0 Å². The molecule has 3 rings (SSSR count). The van der Waals surface area contributed by atoms with Gasteiger partial charge < -0.3 is 9.84 Å². The smallest absolute Gasteiger partial charge is 0.171 e. The largest absolute Gasteiger partial charge is 0.504 e. The lowest BCUT2D eigenvalue weighted by Gasteiger charge is -2.44. The van der Waals surface area contributed by atoms with Gasteiger partial charge in [0, 0.05) is 12.6 Å². The quantitative estimate of drug-likeness (QED) is 0.773. The summed E-state index contributed by atoms with van der Waals surface area (Å²) in [5.74, 6) is 1.76. The van der Waals surface area contributed by atoms with Gasteiger partial charge in [-0.1, -0.05) is 12.8 Å². The fourth-order valence-electron chi connectivity index (χ4n) is 4.03. The Kier molecular flexibility index (Phi) is 4.94. The van der Waals surface area contributed by atoms with Crippen LogP contribution in [-0.4, -0.2) is 29.7 Å². The lowest BCUT2D eigenvalue weighted by atomic mass is 9.78. The maximum atomic E-state index is 9.97. The fourth-order valence-corrected chi connectivity index (χ4v) is 4.70. The van der Waals surface area contributed by atoms with Crippen LogP contribution in [0.2, 0.25) is 0 Å². The van der Waals surface area contributed by atoms with Crippen LogP contribution in [0.4, 0.5) is 0 Å². The molecule has 0 amide bonds. The Hall–Kier alpha value is -0.490. The summed E-state index contributed by atoms with van der Waals surface area (Å²) < 4.78 is 6.16. The van der Waals surface area contributed by atoms with Crippen LogP contribution in [0.5, 0.6) is 11.5 Å². The predicted octanol–water partition coefficient (Wildman–Crippen LogP) is 4.16. The number of piperidine rings is 1. The number of methoxy groups -OCH3 is 1. The van der Waals surface area contributed by atoms with Crippen molar-refractivity contribution in [3.8, 4) is 11.5 Å². The van der Waals surface area contributed by atoms with Crippen LogP contribution in [0.15, 0.2) is 12.1 Å². The molecular weight excluding hydrogens is 377 g/mol. The first-order chi connectivity index (χ1) is 10.2. The highest BCUT2D eigenvalue weighted by Crippen LogP contribution is 2.37. The Morgan fingerprint density at radius 3 is 2.81 bits per heavy atom. The summed E-state index contributed by atoms with van der Waals surface area (Å²) in [4.78, 5) is 2.66. The van der Waals surface area contributed by atoms with E-state index in [2.05, 4.69) is 33.6 Å². The van der Waals surface area contributed by atoms with Crippen molar-refractivity contribution in [3.63, 3.8) is 0 Å². The highest BCUT2D eigenvalue weighted by Gasteiger charge is 2.33. The van der Waals surface area contributed by atoms with Gasteiger partial charge in [-0.2, -0.15) is 0 Å². The Morgan fingerprint density at radius 1 is 1.24 bits per heavy atom. The number of rotatable bonds is 3. The average Bonchev–Trinajstić information content (AvgIpc) is 2.51. The van der Waals surface area contributed by atoms with Crippen molar-refractivity contribution in [2.24, 2.45) is 5.92 Å². The molecule has 21 heavy (non-hydrogen) atoms. The van der Waals surface area contributed by atoms with Gasteiger partial charge in [-0.05, 0) is 78.4 Å². The molecule has 1 aliphatic carbocycles. The molecule has 116 valence electrons. The highest BCUT2D eigenvalue weighted by atomic mass is 127. The third kappa shape index (κ3) is 3.31. The molecule has 2 fully saturated rings. The number of likely N-dealkylation sites (tertiary alicyclic amines) is 1. The van der Waals surface area contributed by atoms with Crippen molar-refractivity contribution >= 4 is 22.6 Å². The van der Waals surface area contributed by atoms with E-state index in [1.807, 2.05) is 6.07 Å². The lowest BCUT2D eigenvalue weighted by molar-refractivity contribution is 0.0546. The monoisotopic (exact) mass is 401 g/mol. The summed E-state index contributed by atoms with van der Waals surface area (Å²) in [5, 5.41) is 9.97. The normalized spacial score (nSPS) is 26.4. The summed E-state index contributed by atoms with van der Waals surface area (Å²) in [7, 11) is 1.62. The van der Waals surface area contributed by atoms with Crippen LogP contribution in [-0.2, 0) is 6.54 Å². The Balaban J connectivity index is 1.77. The van der Waals surface area contributed by atoms with Gasteiger partial charge in [0.1, 0.15) is 0 Å². The van der Waals surface area contributed by atoms with Gasteiger partial charge in [-0.15, -0.1) is 0 Å². The molecule has 1 aliphatic heterocycles. The summed E-state index contributed by atoms with van der Waals surface area (Å²) in [5.41, 5.74) is 1.25. The van der Waals surface area contributed by atoms with E-state index in [9.17, 15) is 5.11 Å². The topological polar surface area (TPSA) is 32.7 Å². The SMILES string of the molecule is COc1cc(CN2CCCC3CCCCC32)cc(I)c1O. The first-order valence-corrected chi connectivity index (χ1v) is 9.06. The van der Waals surface area contributed by atoms with Crippen LogP contribution in [0, 0.1) is 9.49 Å². The lowest BCUT2D eigenvalue weighted by Crippen LogP contribution is -2.46. The number of hydrogen-bond donors (Lipinski definition) is 1. The van der Waals surface area contributed by atoms with E-state index in [0.717, 1.165) is 22.1 Å². The second kappa shape index (κ2) is 6.73. The van der Waals surface area contributed by atoms with Crippen molar-refractivity contribution in [2.75, 3.05) is 13.7 Å². The summed E-state index contributed by atoms with van der Waals surface area (Å²) in [6.07, 6.45) is 8.31. The number of hydrogen-bond acceptors (Lipinski definition) is 3. The molecule has 2 atom stereocenters. The number of aromatic hydroxyl groups is 1. The minimum atomic E-state index is 0.260. The summed E-state index contributed by atoms with van der Waals surface area (Å²) in [6.45, 7) is 2.19. The minimum absolute atomic E-state index is 0.260. The Bertz CT molecular complexity index is 504. The van der Waals surface area contributed by atoms with E-state index in [0.29, 0.717) is 5.75 Å². The van der Waals surface area contributed by atoms with Crippen LogP contribution in [0.1, 0.15) is 44.1 Å². The van der Waals surface area contributed by atoms with Crippen LogP contribution < -0.4 is 4.74 Å². The molecule has 1 heterocycles. The zero-order valence-corrected chi connectivity index (χ0v) is 14.8. The molecule has 4 heteroatoms. The van der Waals surface area contributed by atoms with Gasteiger partial charge in [0.05, 0.1) is 10.7 Å². The zero-order chi connectivity index (χ0) is 14.8. The molecule has 0 radical (unpaired) electrons. The van der Waals surface area contributed by atoms with E-state index in [1.54, 1.807) is 7.11 Å². The maximum Gasteiger partial charge on any atom is 0.171 e. The average molecular weight is 401 g/mol. The summed E-state index contributed by atoms with van der Waals surface area (Å²) in [6, 6.07) is 4.85. The van der Waals surface area contributed by atoms with E-state index < -0.39 is 0 Å². The van der Waals surface area contributed by atoms with E-state index in [-0.39, 0.29) is 5.75 Å². The van der Waals surface area contributed by atoms with E-state index >= 15 is 0 Å².